The van der Waals surface area contributed by atoms with Crippen LogP contribution in [-0.2, 0) is 4.74 Å². The second-order valence-electron chi connectivity index (χ2n) is 5.10. The first-order valence-electron chi connectivity index (χ1n) is 7.08. The number of carbonyl (C=O) groups is 1. The maximum atomic E-state index is 11.4. The number of rotatable bonds is 3. The Bertz CT molecular complexity index is 482. The summed E-state index contributed by atoms with van der Waals surface area (Å²) in [5, 5.41) is 9.46. The Labute approximate surface area is 120 Å². The van der Waals surface area contributed by atoms with Gasteiger partial charge in [0.25, 0.3) is 0 Å². The van der Waals surface area contributed by atoms with E-state index in [-0.39, 0.29) is 12.0 Å². The van der Waals surface area contributed by atoms with E-state index in [1.54, 1.807) is 12.1 Å². The second-order valence-corrected chi connectivity index (χ2v) is 5.10. The molecule has 0 N–H and O–H groups in total. The first kappa shape index (κ1) is 14.5. The van der Waals surface area contributed by atoms with E-state index in [2.05, 4.69) is 15.7 Å². The maximum Gasteiger partial charge on any atom is 0.337 e. The summed E-state index contributed by atoms with van der Waals surface area (Å²) in [6.45, 7) is 1.94. The molecular weight excluding hydrogens is 252 g/mol. The van der Waals surface area contributed by atoms with Crippen LogP contribution in [0.25, 0.3) is 0 Å². The number of carbonyl (C=O) groups excluding carboxylic acids is 1. The number of likely N-dealkylation sites (tertiary alicyclic amines) is 1. The van der Waals surface area contributed by atoms with Crippen LogP contribution in [0, 0.1) is 11.3 Å². The lowest BCUT2D eigenvalue weighted by molar-refractivity contribution is 0.0600. The molecule has 1 aliphatic rings. The van der Waals surface area contributed by atoms with Gasteiger partial charge in [-0.15, -0.1) is 0 Å². The number of methoxy groups -OCH3 is 1. The zero-order valence-electron chi connectivity index (χ0n) is 11.8. The Morgan fingerprint density at radius 3 is 2.30 bits per heavy atom. The Hall–Kier alpha value is -1.86. The van der Waals surface area contributed by atoms with E-state index >= 15 is 0 Å². The minimum atomic E-state index is -0.347. The highest BCUT2D eigenvalue weighted by atomic mass is 16.5. The lowest BCUT2D eigenvalue weighted by atomic mass is 10.0. The van der Waals surface area contributed by atoms with Crippen LogP contribution in [0.15, 0.2) is 24.3 Å². The molecule has 2 rings (SSSR count). The van der Waals surface area contributed by atoms with E-state index in [1.807, 2.05) is 12.1 Å². The van der Waals surface area contributed by atoms with Gasteiger partial charge in [-0.2, -0.15) is 5.26 Å². The molecule has 1 aromatic carbocycles. The fraction of sp³-hybridized carbons (Fsp3) is 0.500. The number of ether oxygens (including phenoxy) is 1. The minimum Gasteiger partial charge on any atom is -0.465 e. The number of hydrogen-bond donors (Lipinski definition) is 0. The smallest absolute Gasteiger partial charge is 0.337 e. The van der Waals surface area contributed by atoms with Crippen LogP contribution in [0.1, 0.15) is 47.6 Å². The van der Waals surface area contributed by atoms with E-state index in [0.29, 0.717) is 5.56 Å². The molecule has 4 heteroatoms. The van der Waals surface area contributed by atoms with Crippen molar-refractivity contribution in [2.45, 2.75) is 31.7 Å². The average molecular weight is 272 g/mol. The first-order valence-corrected chi connectivity index (χ1v) is 7.08. The average Bonchev–Trinajstić information content (AvgIpc) is 2.77. The highest BCUT2D eigenvalue weighted by Gasteiger charge is 2.21. The van der Waals surface area contributed by atoms with Crippen molar-refractivity contribution in [1.29, 1.82) is 5.26 Å². The van der Waals surface area contributed by atoms with Gasteiger partial charge in [0.05, 0.1) is 18.7 Å². The summed E-state index contributed by atoms with van der Waals surface area (Å²) in [4.78, 5) is 13.6. The molecule has 1 saturated heterocycles. The Morgan fingerprint density at radius 2 is 1.80 bits per heavy atom. The fourth-order valence-electron chi connectivity index (χ4n) is 2.64. The van der Waals surface area contributed by atoms with Gasteiger partial charge < -0.3 is 4.74 Å². The van der Waals surface area contributed by atoms with E-state index in [0.717, 1.165) is 31.5 Å². The van der Waals surface area contributed by atoms with Crippen molar-refractivity contribution >= 4 is 5.97 Å². The number of nitriles is 1. The molecule has 0 amide bonds. The van der Waals surface area contributed by atoms with Crippen LogP contribution in [0.4, 0.5) is 0 Å². The number of benzene rings is 1. The van der Waals surface area contributed by atoms with Crippen molar-refractivity contribution in [3.63, 3.8) is 0 Å². The molecule has 1 aliphatic heterocycles. The predicted molar refractivity (Wildman–Crippen MR) is 76.2 cm³/mol. The molecule has 1 fully saturated rings. The summed E-state index contributed by atoms with van der Waals surface area (Å²) >= 11 is 0. The third-order valence-corrected chi connectivity index (χ3v) is 3.78. The molecule has 1 aromatic rings. The Morgan fingerprint density at radius 1 is 1.20 bits per heavy atom. The van der Waals surface area contributed by atoms with E-state index in [9.17, 15) is 10.1 Å². The zero-order valence-corrected chi connectivity index (χ0v) is 11.8. The SMILES string of the molecule is COC(=O)c1ccc(C(C#N)N2CCCCCC2)cc1. The standard InChI is InChI=1S/C16H20N2O2/c1-20-16(19)14-8-6-13(7-9-14)15(12-17)18-10-4-2-3-5-11-18/h6-9,15H,2-5,10-11H2,1H3. The van der Waals surface area contributed by atoms with Gasteiger partial charge in [0, 0.05) is 0 Å². The summed E-state index contributed by atoms with van der Waals surface area (Å²) < 4.78 is 4.68. The lowest BCUT2D eigenvalue weighted by Crippen LogP contribution is -2.28. The maximum absolute atomic E-state index is 11.4. The summed E-state index contributed by atoms with van der Waals surface area (Å²) in [7, 11) is 1.37. The molecule has 0 aromatic heterocycles. The summed E-state index contributed by atoms with van der Waals surface area (Å²) in [5.74, 6) is -0.347. The highest BCUT2D eigenvalue weighted by Crippen LogP contribution is 2.24. The fourth-order valence-corrected chi connectivity index (χ4v) is 2.64. The van der Waals surface area contributed by atoms with Gasteiger partial charge in [0.2, 0.25) is 0 Å². The topological polar surface area (TPSA) is 53.3 Å². The van der Waals surface area contributed by atoms with Gasteiger partial charge >= 0.3 is 5.97 Å². The van der Waals surface area contributed by atoms with Crippen molar-refractivity contribution in [2.75, 3.05) is 20.2 Å². The number of nitrogens with zero attached hydrogens (tertiary/aromatic N) is 2. The van der Waals surface area contributed by atoms with Gasteiger partial charge in [-0.3, -0.25) is 4.90 Å². The molecule has 4 nitrogen and oxygen atoms in total. The highest BCUT2D eigenvalue weighted by molar-refractivity contribution is 5.89. The molecule has 0 saturated carbocycles. The quantitative estimate of drug-likeness (QED) is 0.794. The molecule has 1 heterocycles. The Balaban J connectivity index is 2.15. The van der Waals surface area contributed by atoms with Gasteiger partial charge in [-0.1, -0.05) is 25.0 Å². The van der Waals surface area contributed by atoms with Gasteiger partial charge in [0.15, 0.2) is 0 Å². The molecule has 0 aliphatic carbocycles. The van der Waals surface area contributed by atoms with Gasteiger partial charge in [0.1, 0.15) is 6.04 Å². The van der Waals surface area contributed by atoms with Crippen LogP contribution in [0.5, 0.6) is 0 Å². The third kappa shape index (κ3) is 3.37. The Kier molecular flexibility index (Phi) is 5.14. The zero-order chi connectivity index (χ0) is 14.4. The number of esters is 1. The molecule has 106 valence electrons. The van der Waals surface area contributed by atoms with Gasteiger partial charge in [-0.05, 0) is 43.6 Å². The van der Waals surface area contributed by atoms with Crippen LogP contribution < -0.4 is 0 Å². The van der Waals surface area contributed by atoms with Crippen LogP contribution in [-0.4, -0.2) is 31.1 Å². The predicted octanol–water partition coefficient (Wildman–Crippen LogP) is 2.91. The first-order chi connectivity index (χ1) is 9.76. The van der Waals surface area contributed by atoms with E-state index in [1.165, 1.54) is 20.0 Å². The second kappa shape index (κ2) is 7.06. The van der Waals surface area contributed by atoms with Crippen LogP contribution >= 0.6 is 0 Å². The van der Waals surface area contributed by atoms with Crippen molar-refractivity contribution in [3.05, 3.63) is 35.4 Å². The molecular formula is C16H20N2O2. The molecule has 1 atom stereocenters. The summed E-state index contributed by atoms with van der Waals surface area (Å²) in [6.07, 6.45) is 4.79. The molecule has 0 spiro atoms. The van der Waals surface area contributed by atoms with Gasteiger partial charge in [-0.25, -0.2) is 4.79 Å². The molecule has 0 radical (unpaired) electrons. The lowest BCUT2D eigenvalue weighted by Gasteiger charge is -2.25. The van der Waals surface area contributed by atoms with Crippen molar-refractivity contribution in [3.8, 4) is 6.07 Å². The summed E-state index contributed by atoms with van der Waals surface area (Å²) in [6, 6.07) is 9.32. The van der Waals surface area contributed by atoms with E-state index < -0.39 is 0 Å². The number of hydrogen-bond acceptors (Lipinski definition) is 4. The van der Waals surface area contributed by atoms with Crippen molar-refractivity contribution in [2.24, 2.45) is 0 Å². The van der Waals surface area contributed by atoms with Crippen molar-refractivity contribution < 1.29 is 9.53 Å². The van der Waals surface area contributed by atoms with Crippen LogP contribution in [0.3, 0.4) is 0 Å². The van der Waals surface area contributed by atoms with Crippen molar-refractivity contribution in [1.82, 2.24) is 4.90 Å². The third-order valence-electron chi connectivity index (χ3n) is 3.78. The minimum absolute atomic E-state index is 0.222. The molecule has 20 heavy (non-hydrogen) atoms. The van der Waals surface area contributed by atoms with E-state index in [4.69, 9.17) is 0 Å². The largest absolute Gasteiger partial charge is 0.465 e. The summed E-state index contributed by atoms with van der Waals surface area (Å²) in [5.41, 5.74) is 1.46. The van der Waals surface area contributed by atoms with Crippen LogP contribution in [0.2, 0.25) is 0 Å². The molecule has 0 bridgehead atoms. The normalized spacial score (nSPS) is 17.8. The molecule has 1 unspecified atom stereocenters. The monoisotopic (exact) mass is 272 g/mol.